The first-order valence-electron chi connectivity index (χ1n) is 4.92. The van der Waals surface area contributed by atoms with Crippen LogP contribution < -0.4 is 0 Å². The molecule has 0 heterocycles. The van der Waals surface area contributed by atoms with Crippen LogP contribution in [-0.4, -0.2) is 21.9 Å². The number of terminal acetylenes is 2. The normalized spacial score (nSPS) is 47.0. The van der Waals surface area contributed by atoms with Gasteiger partial charge in [-0.25, -0.2) is 0 Å². The van der Waals surface area contributed by atoms with Crippen molar-refractivity contribution in [2.45, 2.75) is 37.4 Å². The van der Waals surface area contributed by atoms with E-state index in [1.54, 1.807) is 0 Å². The van der Waals surface area contributed by atoms with E-state index < -0.39 is 17.1 Å². The van der Waals surface area contributed by atoms with Crippen LogP contribution in [0.2, 0.25) is 0 Å². The van der Waals surface area contributed by atoms with Crippen molar-refractivity contribution < 1.29 is 10.2 Å². The summed E-state index contributed by atoms with van der Waals surface area (Å²) in [5.41, 5.74) is -1.83. The second-order valence-electron chi connectivity index (χ2n) is 4.54. The van der Waals surface area contributed by atoms with Crippen molar-refractivity contribution in [2.24, 2.45) is 11.3 Å². The lowest BCUT2D eigenvalue weighted by Gasteiger charge is -2.40. The number of hydrogen-bond acceptors (Lipinski definition) is 2. The molecule has 4 atom stereocenters. The highest BCUT2D eigenvalue weighted by atomic mass is 16.3. The standard InChI is InChI=1S/C12H14O2/c1-3-10(13)11-6-5-9(7-11)8-12(11,14)4-2/h1-2,9-10,13-14H,5-8H2/t9-,10?,11-,12-/m1/s1. The van der Waals surface area contributed by atoms with Crippen LogP contribution in [0.25, 0.3) is 0 Å². The zero-order valence-corrected chi connectivity index (χ0v) is 8.03. The molecule has 0 spiro atoms. The number of rotatable bonds is 1. The molecule has 2 aliphatic carbocycles. The highest BCUT2D eigenvalue weighted by Crippen LogP contribution is 2.61. The molecule has 2 N–H and O–H groups in total. The summed E-state index contributed by atoms with van der Waals surface area (Å²) in [4.78, 5) is 0. The molecule has 0 aromatic rings. The number of fused-ring (bicyclic) bond motifs is 2. The Morgan fingerprint density at radius 1 is 1.36 bits per heavy atom. The van der Waals surface area contributed by atoms with Gasteiger partial charge in [-0.3, -0.25) is 0 Å². The third-order valence-corrected chi connectivity index (χ3v) is 3.98. The molecule has 0 saturated heterocycles. The van der Waals surface area contributed by atoms with Crippen molar-refractivity contribution in [3.63, 3.8) is 0 Å². The fourth-order valence-corrected chi connectivity index (χ4v) is 3.19. The van der Waals surface area contributed by atoms with Gasteiger partial charge in [0.05, 0.1) is 0 Å². The van der Waals surface area contributed by atoms with Crippen molar-refractivity contribution in [1.82, 2.24) is 0 Å². The molecule has 14 heavy (non-hydrogen) atoms. The van der Waals surface area contributed by atoms with E-state index in [1.807, 2.05) is 0 Å². The van der Waals surface area contributed by atoms with E-state index in [1.165, 1.54) is 0 Å². The van der Waals surface area contributed by atoms with Crippen LogP contribution in [0.15, 0.2) is 0 Å². The number of hydrogen-bond donors (Lipinski definition) is 2. The fraction of sp³-hybridized carbons (Fsp3) is 0.667. The zero-order chi connectivity index (χ0) is 10.4. The minimum atomic E-state index is -1.19. The Kier molecular flexibility index (Phi) is 1.89. The Bertz CT molecular complexity index is 335. The average molecular weight is 190 g/mol. The smallest absolute Gasteiger partial charge is 0.134 e. The van der Waals surface area contributed by atoms with Crippen LogP contribution in [0.5, 0.6) is 0 Å². The van der Waals surface area contributed by atoms with Crippen molar-refractivity contribution in [3.05, 3.63) is 0 Å². The number of aliphatic hydroxyl groups is 2. The first-order valence-corrected chi connectivity index (χ1v) is 4.92. The molecular weight excluding hydrogens is 176 g/mol. The highest BCUT2D eigenvalue weighted by Gasteiger charge is 2.63. The fourth-order valence-electron chi connectivity index (χ4n) is 3.19. The van der Waals surface area contributed by atoms with Crippen LogP contribution in [-0.2, 0) is 0 Å². The largest absolute Gasteiger partial charge is 0.380 e. The Hall–Kier alpha value is -0.960. The third kappa shape index (κ3) is 0.906. The lowest BCUT2D eigenvalue weighted by Crippen LogP contribution is -2.50. The molecule has 2 saturated carbocycles. The molecule has 74 valence electrons. The molecule has 2 heteroatoms. The molecule has 0 amide bonds. The molecule has 2 nitrogen and oxygen atoms in total. The van der Waals surface area contributed by atoms with Gasteiger partial charge in [0.2, 0.25) is 0 Å². The summed E-state index contributed by atoms with van der Waals surface area (Å²) in [6.07, 6.45) is 12.8. The first-order chi connectivity index (χ1) is 6.58. The van der Waals surface area contributed by atoms with E-state index in [0.717, 1.165) is 19.3 Å². The van der Waals surface area contributed by atoms with Gasteiger partial charge < -0.3 is 10.2 Å². The molecular formula is C12H14O2. The second kappa shape index (κ2) is 2.76. The van der Waals surface area contributed by atoms with Crippen LogP contribution in [0.1, 0.15) is 25.7 Å². The molecule has 1 unspecified atom stereocenters. The third-order valence-electron chi connectivity index (χ3n) is 3.98. The molecule has 2 fully saturated rings. The first kappa shape index (κ1) is 9.59. The van der Waals surface area contributed by atoms with Gasteiger partial charge in [-0.1, -0.05) is 11.8 Å². The van der Waals surface area contributed by atoms with Gasteiger partial charge in [-0.2, -0.15) is 0 Å². The molecule has 0 aromatic carbocycles. The maximum absolute atomic E-state index is 10.3. The van der Waals surface area contributed by atoms with Gasteiger partial charge in [0, 0.05) is 5.41 Å². The van der Waals surface area contributed by atoms with E-state index in [9.17, 15) is 10.2 Å². The maximum Gasteiger partial charge on any atom is 0.134 e. The summed E-state index contributed by atoms with van der Waals surface area (Å²) < 4.78 is 0. The topological polar surface area (TPSA) is 40.5 Å². The minimum absolute atomic E-state index is 0.430. The summed E-state index contributed by atoms with van der Waals surface area (Å²) in [7, 11) is 0. The maximum atomic E-state index is 10.3. The van der Waals surface area contributed by atoms with Crippen LogP contribution in [0.4, 0.5) is 0 Å². The zero-order valence-electron chi connectivity index (χ0n) is 8.03. The van der Waals surface area contributed by atoms with E-state index in [0.29, 0.717) is 12.3 Å². The summed E-state index contributed by atoms with van der Waals surface area (Å²) in [5.74, 6) is 5.17. The van der Waals surface area contributed by atoms with Crippen molar-refractivity contribution in [2.75, 3.05) is 0 Å². The molecule has 2 rings (SSSR count). The van der Waals surface area contributed by atoms with Crippen molar-refractivity contribution >= 4 is 0 Å². The Labute approximate surface area is 84.3 Å². The van der Waals surface area contributed by atoms with Crippen LogP contribution in [0.3, 0.4) is 0 Å². The molecule has 2 bridgehead atoms. The van der Waals surface area contributed by atoms with Gasteiger partial charge in [-0.05, 0) is 31.6 Å². The molecule has 0 aliphatic heterocycles. The molecule has 0 aromatic heterocycles. The van der Waals surface area contributed by atoms with Gasteiger partial charge in [0.15, 0.2) is 0 Å². The van der Waals surface area contributed by atoms with Crippen molar-refractivity contribution in [1.29, 1.82) is 0 Å². The van der Waals surface area contributed by atoms with E-state index in [4.69, 9.17) is 12.8 Å². The van der Waals surface area contributed by atoms with Gasteiger partial charge in [-0.15, -0.1) is 12.8 Å². The SMILES string of the molecule is C#CC(O)[C@@]12CC[C@H](C1)C[C@]2(O)C#C. The summed E-state index contributed by atoms with van der Waals surface area (Å²) in [6, 6.07) is 0. The van der Waals surface area contributed by atoms with Gasteiger partial charge >= 0.3 is 0 Å². The predicted molar refractivity (Wildman–Crippen MR) is 53.0 cm³/mol. The molecule has 0 radical (unpaired) electrons. The van der Waals surface area contributed by atoms with E-state index in [2.05, 4.69) is 11.8 Å². The quantitative estimate of drug-likeness (QED) is 0.592. The second-order valence-corrected chi connectivity index (χ2v) is 4.54. The highest BCUT2D eigenvalue weighted by molar-refractivity contribution is 5.28. The van der Waals surface area contributed by atoms with E-state index in [-0.39, 0.29) is 0 Å². The monoisotopic (exact) mass is 190 g/mol. The van der Waals surface area contributed by atoms with Crippen LogP contribution in [0, 0.1) is 36.0 Å². The Morgan fingerprint density at radius 2 is 2.07 bits per heavy atom. The Balaban J connectivity index is 2.42. The lowest BCUT2D eigenvalue weighted by atomic mass is 9.68. The summed E-state index contributed by atoms with van der Waals surface area (Å²) in [6.45, 7) is 0. The predicted octanol–water partition coefficient (Wildman–Crippen LogP) is 0.535. The van der Waals surface area contributed by atoms with E-state index >= 15 is 0 Å². The molecule has 2 aliphatic rings. The summed E-state index contributed by atoms with van der Waals surface area (Å²) in [5, 5.41) is 20.1. The van der Waals surface area contributed by atoms with Crippen LogP contribution >= 0.6 is 0 Å². The summed E-state index contributed by atoms with van der Waals surface area (Å²) >= 11 is 0. The van der Waals surface area contributed by atoms with Crippen molar-refractivity contribution in [3.8, 4) is 24.7 Å². The van der Waals surface area contributed by atoms with Gasteiger partial charge in [0.25, 0.3) is 0 Å². The minimum Gasteiger partial charge on any atom is -0.380 e. The lowest BCUT2D eigenvalue weighted by molar-refractivity contribution is -0.0756. The average Bonchev–Trinajstić information content (AvgIpc) is 2.73. The Morgan fingerprint density at radius 3 is 2.57 bits per heavy atom. The number of aliphatic hydroxyl groups excluding tert-OH is 1. The van der Waals surface area contributed by atoms with Gasteiger partial charge in [0.1, 0.15) is 11.7 Å².